The summed E-state index contributed by atoms with van der Waals surface area (Å²) in [6, 6.07) is -3.96. The number of likely N-dealkylation sites (tertiary alicyclic amines) is 1. The van der Waals surface area contributed by atoms with Gasteiger partial charge in [0.05, 0.1) is 22.1 Å². The average Bonchev–Trinajstić information content (AvgIpc) is 3.08. The van der Waals surface area contributed by atoms with Crippen LogP contribution in [0.3, 0.4) is 0 Å². The second-order valence-corrected chi connectivity index (χ2v) is 20.4. The van der Waals surface area contributed by atoms with Crippen LogP contribution < -0.4 is 21.3 Å². The standard InChI is InChI=1S/C37H61Cl2N5O7S/c1-7-9-18-27(30(45)32(47)40-21-8-2)41-31(46)28-22-37(38,39)25(3)23-44(28)33(48)29(26-16-12-10-13-17-26)42-34(49)43-36(19-14-11-15-20-36)24-52(50,51)35(4,5)6/h8,25-29H,2,7,9-24H2,1,3-6H3,(H,40,47)(H,41,46)(H2,42,43,49)/t25?,27?,28-,29-/m0/s1. The molecular weight excluding hydrogens is 729 g/mol. The molecule has 3 rings (SSSR count). The maximum absolute atomic E-state index is 14.7. The monoisotopic (exact) mass is 789 g/mol. The van der Waals surface area contributed by atoms with Crippen LogP contribution in [-0.4, -0.2) is 94.4 Å². The predicted molar refractivity (Wildman–Crippen MR) is 205 cm³/mol. The molecule has 3 fully saturated rings. The van der Waals surface area contributed by atoms with E-state index in [9.17, 15) is 32.4 Å². The van der Waals surface area contributed by atoms with E-state index in [1.54, 1.807) is 27.7 Å². The van der Waals surface area contributed by atoms with Crippen LogP contribution in [0.1, 0.15) is 125 Å². The fraction of sp³-hybridized carbons (Fsp3) is 0.811. The largest absolute Gasteiger partial charge is 0.346 e. The first-order chi connectivity index (χ1) is 24.3. The number of hydrogen-bond acceptors (Lipinski definition) is 7. The maximum Gasteiger partial charge on any atom is 0.315 e. The number of alkyl halides is 2. The third kappa shape index (κ3) is 11.6. The highest BCUT2D eigenvalue weighted by Gasteiger charge is 2.50. The Labute approximate surface area is 320 Å². The van der Waals surface area contributed by atoms with Gasteiger partial charge in [-0.3, -0.25) is 19.2 Å². The highest BCUT2D eigenvalue weighted by atomic mass is 35.5. The molecule has 4 atom stereocenters. The first-order valence-electron chi connectivity index (χ1n) is 19.0. The minimum absolute atomic E-state index is 0.0115. The van der Waals surface area contributed by atoms with E-state index < -0.39 is 78.0 Å². The van der Waals surface area contributed by atoms with Crippen LogP contribution in [-0.2, 0) is 29.0 Å². The van der Waals surface area contributed by atoms with Crippen LogP contribution in [0.5, 0.6) is 0 Å². The third-order valence-corrected chi connectivity index (χ3v) is 14.8. The highest BCUT2D eigenvalue weighted by molar-refractivity contribution is 7.92. The van der Waals surface area contributed by atoms with Crippen molar-refractivity contribution in [3.05, 3.63) is 12.7 Å². The fourth-order valence-corrected chi connectivity index (χ4v) is 9.47. The summed E-state index contributed by atoms with van der Waals surface area (Å²) in [6.07, 6.45) is 10.4. The van der Waals surface area contributed by atoms with Crippen molar-refractivity contribution in [2.24, 2.45) is 11.8 Å². The smallest absolute Gasteiger partial charge is 0.315 e. The molecule has 0 aromatic heterocycles. The SMILES string of the molecule is C=CCNC(=O)C(=O)C(CCCC)NC(=O)[C@@H]1CC(Cl)(Cl)C(C)CN1C(=O)[C@@H](NC(=O)NC1(CS(=O)(=O)C(C)(C)C)CCCCC1)C1CCCCC1. The molecule has 2 unspecified atom stereocenters. The number of nitrogens with one attached hydrogen (secondary N) is 4. The van der Waals surface area contributed by atoms with Crippen molar-refractivity contribution in [2.45, 2.75) is 157 Å². The topological polar surface area (TPSA) is 171 Å². The van der Waals surface area contributed by atoms with Gasteiger partial charge in [0, 0.05) is 25.4 Å². The molecule has 0 bridgehead atoms. The molecule has 0 aromatic rings. The van der Waals surface area contributed by atoms with Crippen LogP contribution in [0.25, 0.3) is 0 Å². The van der Waals surface area contributed by atoms with Crippen molar-refractivity contribution in [3.8, 4) is 0 Å². The van der Waals surface area contributed by atoms with Crippen LogP contribution in [0, 0.1) is 11.8 Å². The molecule has 3 aliphatic rings. The van der Waals surface area contributed by atoms with Gasteiger partial charge in [0.1, 0.15) is 16.4 Å². The zero-order valence-corrected chi connectivity index (χ0v) is 34.0. The van der Waals surface area contributed by atoms with Gasteiger partial charge in [-0.2, -0.15) is 0 Å². The Morgan fingerprint density at radius 3 is 2.17 bits per heavy atom. The van der Waals surface area contributed by atoms with E-state index in [0.717, 1.165) is 38.5 Å². The second-order valence-electron chi connectivity index (χ2n) is 16.1. The Bertz CT molecular complexity index is 1400. The fourth-order valence-electron chi connectivity index (χ4n) is 7.52. The van der Waals surface area contributed by atoms with Gasteiger partial charge < -0.3 is 26.2 Å². The molecule has 1 heterocycles. The Morgan fingerprint density at radius 1 is 0.981 bits per heavy atom. The molecule has 2 aliphatic carbocycles. The summed E-state index contributed by atoms with van der Waals surface area (Å²) >= 11 is 13.4. The predicted octanol–water partition coefficient (Wildman–Crippen LogP) is 5.11. The molecule has 0 aromatic carbocycles. The summed E-state index contributed by atoms with van der Waals surface area (Å²) in [5.41, 5.74) is -0.981. The quantitative estimate of drug-likeness (QED) is 0.102. The van der Waals surface area contributed by atoms with E-state index in [1.807, 2.05) is 6.92 Å². The molecule has 15 heteroatoms. The van der Waals surface area contributed by atoms with Crippen molar-refractivity contribution in [1.82, 2.24) is 26.2 Å². The minimum Gasteiger partial charge on any atom is -0.346 e. The summed E-state index contributed by atoms with van der Waals surface area (Å²) < 4.78 is 24.4. The molecule has 1 saturated heterocycles. The number of carbonyl (C=O) groups is 5. The van der Waals surface area contributed by atoms with E-state index in [4.69, 9.17) is 23.2 Å². The minimum atomic E-state index is -3.59. The number of nitrogens with zero attached hydrogens (tertiary/aromatic N) is 1. The van der Waals surface area contributed by atoms with E-state index in [2.05, 4.69) is 27.8 Å². The van der Waals surface area contributed by atoms with Gasteiger partial charge in [-0.25, -0.2) is 13.2 Å². The number of ketones is 1. The normalized spacial score (nSPS) is 23.4. The number of Topliss-reactive ketones (excluding diaryl/α,β-unsaturated/α-hetero) is 1. The Balaban J connectivity index is 1.93. The third-order valence-electron chi connectivity index (χ3n) is 11.0. The van der Waals surface area contributed by atoms with Crippen molar-refractivity contribution < 1.29 is 32.4 Å². The maximum atomic E-state index is 14.7. The lowest BCUT2D eigenvalue weighted by Gasteiger charge is -2.46. The zero-order valence-electron chi connectivity index (χ0n) is 31.7. The van der Waals surface area contributed by atoms with Crippen molar-refractivity contribution in [1.29, 1.82) is 0 Å². The number of carbonyl (C=O) groups excluding carboxylic acids is 5. The lowest BCUT2D eigenvalue weighted by atomic mass is 9.82. The Kier molecular flexibility index (Phi) is 15.9. The molecule has 5 amide bonds. The molecule has 296 valence electrons. The van der Waals surface area contributed by atoms with Crippen molar-refractivity contribution >= 4 is 62.6 Å². The van der Waals surface area contributed by atoms with E-state index in [1.165, 1.54) is 11.0 Å². The molecule has 4 N–H and O–H groups in total. The van der Waals surface area contributed by atoms with E-state index >= 15 is 0 Å². The molecule has 0 radical (unpaired) electrons. The van der Waals surface area contributed by atoms with Crippen LogP contribution >= 0.6 is 23.2 Å². The van der Waals surface area contributed by atoms with Crippen LogP contribution in [0.4, 0.5) is 4.79 Å². The number of sulfone groups is 1. The summed E-state index contributed by atoms with van der Waals surface area (Å²) in [5, 5.41) is 11.2. The number of piperidine rings is 1. The average molecular weight is 791 g/mol. The summed E-state index contributed by atoms with van der Waals surface area (Å²) in [7, 11) is -3.59. The first kappa shape index (κ1) is 44.0. The highest BCUT2D eigenvalue weighted by Crippen LogP contribution is 2.42. The molecule has 12 nitrogen and oxygen atoms in total. The lowest BCUT2D eigenvalue weighted by molar-refractivity contribution is -0.147. The summed E-state index contributed by atoms with van der Waals surface area (Å²) in [4.78, 5) is 69.9. The Hall–Kier alpha value is -2.38. The van der Waals surface area contributed by atoms with Gasteiger partial charge in [0.2, 0.25) is 17.6 Å². The number of amides is 5. The summed E-state index contributed by atoms with van der Waals surface area (Å²) in [5.74, 6) is -3.68. The van der Waals surface area contributed by atoms with Crippen LogP contribution in [0.2, 0.25) is 0 Å². The first-order valence-corrected chi connectivity index (χ1v) is 21.4. The van der Waals surface area contributed by atoms with Gasteiger partial charge in [0.25, 0.3) is 5.91 Å². The number of hydrogen-bond donors (Lipinski definition) is 4. The van der Waals surface area contributed by atoms with Crippen molar-refractivity contribution in [3.63, 3.8) is 0 Å². The van der Waals surface area contributed by atoms with Gasteiger partial charge in [0.15, 0.2) is 9.84 Å². The number of rotatable bonds is 15. The lowest BCUT2D eigenvalue weighted by Crippen LogP contribution is -2.66. The summed E-state index contributed by atoms with van der Waals surface area (Å²) in [6.45, 7) is 12.3. The number of halogens is 2. The zero-order chi connectivity index (χ0) is 38.9. The molecular formula is C37H61Cl2N5O7S. The number of urea groups is 1. The molecule has 52 heavy (non-hydrogen) atoms. The van der Waals surface area contributed by atoms with Gasteiger partial charge in [-0.05, 0) is 58.8 Å². The molecule has 2 saturated carbocycles. The molecule has 0 spiro atoms. The van der Waals surface area contributed by atoms with Crippen LogP contribution in [0.15, 0.2) is 12.7 Å². The van der Waals surface area contributed by atoms with E-state index in [-0.39, 0.29) is 37.6 Å². The van der Waals surface area contributed by atoms with Gasteiger partial charge in [-0.1, -0.05) is 71.3 Å². The second kappa shape index (κ2) is 18.8. The Morgan fingerprint density at radius 2 is 1.60 bits per heavy atom. The van der Waals surface area contributed by atoms with Crippen molar-refractivity contribution in [2.75, 3.05) is 18.8 Å². The molecule has 1 aliphatic heterocycles. The van der Waals surface area contributed by atoms with Gasteiger partial charge >= 0.3 is 6.03 Å². The number of unbranched alkanes of at least 4 members (excludes halogenated alkanes) is 1. The van der Waals surface area contributed by atoms with E-state index in [0.29, 0.717) is 38.5 Å². The van der Waals surface area contributed by atoms with Gasteiger partial charge in [-0.15, -0.1) is 29.8 Å².